The largest absolute Gasteiger partial charge is 0.315 e. The normalized spacial score (nSPS) is 9.83. The number of hydrogen-bond donors (Lipinski definition) is 0. The van der Waals surface area contributed by atoms with Gasteiger partial charge < -0.3 is 9.47 Å². The van der Waals surface area contributed by atoms with Gasteiger partial charge in [-0.15, -0.1) is 0 Å². The second-order valence-electron chi connectivity index (χ2n) is 3.71. The van der Waals surface area contributed by atoms with E-state index in [1.165, 1.54) is 15.7 Å². The predicted molar refractivity (Wildman–Crippen MR) is 64.9 cm³/mol. The molecule has 0 aromatic carbocycles. The van der Waals surface area contributed by atoms with Crippen molar-refractivity contribution >= 4 is 11.6 Å². The lowest BCUT2D eigenvalue weighted by molar-refractivity contribution is 0.0985. The van der Waals surface area contributed by atoms with Gasteiger partial charge in [-0.3, -0.25) is 9.78 Å². The van der Waals surface area contributed by atoms with Gasteiger partial charge in [-0.1, -0.05) is 0 Å². The molecule has 0 aliphatic heterocycles. The quantitative estimate of drug-likeness (QED) is 0.785. The summed E-state index contributed by atoms with van der Waals surface area (Å²) < 4.78 is 1.47. The molecule has 0 bridgehead atoms. The number of nitrogens with zero attached hydrogens (tertiary/aromatic N) is 5. The predicted octanol–water partition coefficient (Wildman–Crippen LogP) is 0.963. The number of carbonyl (C=O) groups is 1. The van der Waals surface area contributed by atoms with E-state index in [1.54, 1.807) is 38.6 Å². The number of hydrogen-bond acceptors (Lipinski definition) is 4. The minimum Gasteiger partial charge on any atom is -0.315 e. The van der Waals surface area contributed by atoms with Crippen LogP contribution >= 0.6 is 0 Å². The van der Waals surface area contributed by atoms with E-state index < -0.39 is 0 Å². The number of pyridine rings is 1. The van der Waals surface area contributed by atoms with E-state index in [0.717, 1.165) is 0 Å². The topological polar surface area (TPSA) is 74.8 Å². The lowest BCUT2D eigenvalue weighted by atomic mass is 10.3. The Kier molecular flexibility index (Phi) is 3.06. The first kappa shape index (κ1) is 11.8. The molecular formula is C12H11N5O. The van der Waals surface area contributed by atoms with Crippen LogP contribution in [0.1, 0.15) is 16.3 Å². The number of carbonyl (C=O) groups excluding carboxylic acids is 1. The number of amides is 1. The van der Waals surface area contributed by atoms with Crippen molar-refractivity contribution < 1.29 is 4.79 Å². The molecule has 90 valence electrons. The van der Waals surface area contributed by atoms with Crippen LogP contribution in [0.25, 0.3) is 0 Å². The maximum Gasteiger partial charge on any atom is 0.276 e. The summed E-state index contributed by atoms with van der Waals surface area (Å²) in [6.07, 6.45) is 4.63. The molecule has 2 aromatic heterocycles. The van der Waals surface area contributed by atoms with Crippen molar-refractivity contribution in [1.29, 1.82) is 5.26 Å². The minimum absolute atomic E-state index is 0.206. The van der Waals surface area contributed by atoms with Gasteiger partial charge in [0.2, 0.25) is 5.82 Å². The van der Waals surface area contributed by atoms with E-state index in [0.29, 0.717) is 11.4 Å². The monoisotopic (exact) mass is 241 g/mol. The number of aromatic nitrogens is 3. The molecule has 2 aromatic rings. The van der Waals surface area contributed by atoms with Crippen LogP contribution in [0.3, 0.4) is 0 Å². The summed E-state index contributed by atoms with van der Waals surface area (Å²) in [7, 11) is 3.29. The molecule has 0 radical (unpaired) electrons. The van der Waals surface area contributed by atoms with Crippen LogP contribution in [0.4, 0.5) is 5.69 Å². The third-order valence-corrected chi connectivity index (χ3v) is 2.65. The molecule has 0 unspecified atom stereocenters. The van der Waals surface area contributed by atoms with Crippen LogP contribution in [0.2, 0.25) is 0 Å². The van der Waals surface area contributed by atoms with Crippen molar-refractivity contribution in [2.45, 2.75) is 0 Å². The van der Waals surface area contributed by atoms with Crippen molar-refractivity contribution in [1.82, 2.24) is 14.5 Å². The first-order valence-electron chi connectivity index (χ1n) is 5.25. The Hall–Kier alpha value is -2.68. The van der Waals surface area contributed by atoms with Gasteiger partial charge in [0.25, 0.3) is 5.91 Å². The van der Waals surface area contributed by atoms with Gasteiger partial charge in [0.1, 0.15) is 11.8 Å². The Morgan fingerprint density at radius 2 is 2.28 bits per heavy atom. The average molecular weight is 241 g/mol. The lowest BCUT2D eigenvalue weighted by Crippen LogP contribution is -2.28. The van der Waals surface area contributed by atoms with Crippen LogP contribution in [-0.2, 0) is 7.05 Å². The van der Waals surface area contributed by atoms with Gasteiger partial charge in [-0.2, -0.15) is 5.26 Å². The molecule has 0 aliphatic carbocycles. The Labute approximate surface area is 104 Å². The summed E-state index contributed by atoms with van der Waals surface area (Å²) >= 11 is 0. The minimum atomic E-state index is -0.237. The molecule has 0 fully saturated rings. The first-order valence-corrected chi connectivity index (χ1v) is 5.25. The van der Waals surface area contributed by atoms with Crippen LogP contribution in [0, 0.1) is 11.3 Å². The van der Waals surface area contributed by atoms with E-state index in [-0.39, 0.29) is 11.7 Å². The highest BCUT2D eigenvalue weighted by Crippen LogP contribution is 2.13. The second-order valence-corrected chi connectivity index (χ2v) is 3.71. The standard InChI is InChI=1S/C12H11N5O/c1-16(9-4-3-5-14-7-9)12(18)10-8-15-11(6-13)17(10)2/h3-5,7-8H,1-2H3. The molecular weight excluding hydrogens is 230 g/mol. The van der Waals surface area contributed by atoms with Crippen molar-refractivity contribution in [2.24, 2.45) is 7.05 Å². The van der Waals surface area contributed by atoms with E-state index in [1.807, 2.05) is 6.07 Å². The molecule has 0 saturated heterocycles. The van der Waals surface area contributed by atoms with Crippen LogP contribution in [0.15, 0.2) is 30.7 Å². The van der Waals surface area contributed by atoms with Gasteiger partial charge in [0.15, 0.2) is 0 Å². The third-order valence-electron chi connectivity index (χ3n) is 2.65. The maximum absolute atomic E-state index is 12.2. The number of rotatable bonds is 2. The van der Waals surface area contributed by atoms with Gasteiger partial charge in [-0.25, -0.2) is 4.98 Å². The highest BCUT2D eigenvalue weighted by Gasteiger charge is 2.18. The second kappa shape index (κ2) is 4.67. The Balaban J connectivity index is 2.32. The van der Waals surface area contributed by atoms with E-state index in [2.05, 4.69) is 9.97 Å². The molecule has 0 N–H and O–H groups in total. The number of anilines is 1. The lowest BCUT2D eigenvalue weighted by Gasteiger charge is -2.16. The zero-order valence-corrected chi connectivity index (χ0v) is 10.0. The molecule has 2 heterocycles. The van der Waals surface area contributed by atoms with Crippen LogP contribution < -0.4 is 4.90 Å². The third kappa shape index (κ3) is 1.94. The van der Waals surface area contributed by atoms with E-state index in [9.17, 15) is 4.79 Å². The highest BCUT2D eigenvalue weighted by atomic mass is 16.2. The van der Waals surface area contributed by atoms with E-state index >= 15 is 0 Å². The SMILES string of the molecule is CN(C(=O)c1cnc(C#N)n1C)c1cccnc1. The molecule has 2 rings (SSSR count). The molecule has 0 saturated carbocycles. The van der Waals surface area contributed by atoms with Gasteiger partial charge in [0, 0.05) is 20.3 Å². The fourth-order valence-electron chi connectivity index (χ4n) is 1.55. The summed E-state index contributed by atoms with van der Waals surface area (Å²) in [5.41, 5.74) is 1.04. The summed E-state index contributed by atoms with van der Waals surface area (Å²) in [5.74, 6) is -0.0302. The van der Waals surface area contributed by atoms with Crippen LogP contribution in [-0.4, -0.2) is 27.5 Å². The Morgan fingerprint density at radius 1 is 1.50 bits per heavy atom. The molecule has 0 atom stereocenters. The van der Waals surface area contributed by atoms with Gasteiger partial charge in [-0.05, 0) is 12.1 Å². The smallest absolute Gasteiger partial charge is 0.276 e. The maximum atomic E-state index is 12.2. The van der Waals surface area contributed by atoms with Crippen LogP contribution in [0.5, 0.6) is 0 Å². The molecule has 6 heteroatoms. The fraction of sp³-hybridized carbons (Fsp3) is 0.167. The summed E-state index contributed by atoms with van der Waals surface area (Å²) in [6, 6.07) is 5.46. The molecule has 1 amide bonds. The zero-order valence-electron chi connectivity index (χ0n) is 10.0. The Bertz CT molecular complexity index is 611. The van der Waals surface area contributed by atoms with Crippen molar-refractivity contribution in [3.05, 3.63) is 42.2 Å². The summed E-state index contributed by atoms with van der Waals surface area (Å²) in [4.78, 5) is 21.5. The summed E-state index contributed by atoms with van der Waals surface area (Å²) in [5, 5.41) is 8.80. The number of nitriles is 1. The molecule has 0 spiro atoms. The summed E-state index contributed by atoms with van der Waals surface area (Å²) in [6.45, 7) is 0. The highest BCUT2D eigenvalue weighted by molar-refractivity contribution is 6.04. The van der Waals surface area contributed by atoms with Crippen molar-refractivity contribution in [2.75, 3.05) is 11.9 Å². The van der Waals surface area contributed by atoms with Gasteiger partial charge in [0.05, 0.1) is 18.1 Å². The Morgan fingerprint density at radius 3 is 2.83 bits per heavy atom. The van der Waals surface area contributed by atoms with Crippen molar-refractivity contribution in [3.63, 3.8) is 0 Å². The fourth-order valence-corrected chi connectivity index (χ4v) is 1.55. The van der Waals surface area contributed by atoms with Crippen molar-refractivity contribution in [3.8, 4) is 6.07 Å². The molecule has 6 nitrogen and oxygen atoms in total. The van der Waals surface area contributed by atoms with E-state index in [4.69, 9.17) is 5.26 Å². The first-order chi connectivity index (χ1) is 8.65. The van der Waals surface area contributed by atoms with Gasteiger partial charge >= 0.3 is 0 Å². The molecule has 0 aliphatic rings. The molecule has 18 heavy (non-hydrogen) atoms. The number of imidazole rings is 1. The zero-order chi connectivity index (χ0) is 13.1. The average Bonchev–Trinajstić information content (AvgIpc) is 2.79.